The number of methoxy groups -OCH3 is 1. The number of aliphatic imine (C=N–C) groups is 1. The van der Waals surface area contributed by atoms with Crippen molar-refractivity contribution in [3.05, 3.63) is 65.2 Å². The van der Waals surface area contributed by atoms with Crippen molar-refractivity contribution >= 4 is 11.9 Å². The van der Waals surface area contributed by atoms with Gasteiger partial charge in [-0.2, -0.15) is 0 Å². The van der Waals surface area contributed by atoms with Gasteiger partial charge in [-0.05, 0) is 48.7 Å². The van der Waals surface area contributed by atoms with Crippen molar-refractivity contribution in [1.82, 2.24) is 16.0 Å². The smallest absolute Gasteiger partial charge is 0.251 e. The van der Waals surface area contributed by atoms with Gasteiger partial charge in [-0.15, -0.1) is 0 Å². The summed E-state index contributed by atoms with van der Waals surface area (Å²) in [6, 6.07) is 15.6. The van der Waals surface area contributed by atoms with Crippen LogP contribution in [0, 0.1) is 0 Å². The summed E-state index contributed by atoms with van der Waals surface area (Å²) in [5, 5.41) is 9.39. The van der Waals surface area contributed by atoms with E-state index >= 15 is 0 Å². The van der Waals surface area contributed by atoms with Crippen molar-refractivity contribution in [2.45, 2.75) is 19.9 Å². The van der Waals surface area contributed by atoms with Crippen molar-refractivity contribution < 1.29 is 9.53 Å². The maximum atomic E-state index is 11.9. The first-order valence-corrected chi connectivity index (χ1v) is 9.10. The topological polar surface area (TPSA) is 74.8 Å². The molecule has 144 valence electrons. The monoisotopic (exact) mass is 368 g/mol. The second-order valence-electron chi connectivity index (χ2n) is 6.01. The van der Waals surface area contributed by atoms with Gasteiger partial charge in [0.05, 0.1) is 7.11 Å². The molecule has 0 unspecified atom stereocenters. The molecule has 6 nitrogen and oxygen atoms in total. The van der Waals surface area contributed by atoms with Gasteiger partial charge in [-0.1, -0.05) is 24.3 Å². The second kappa shape index (κ2) is 10.9. The lowest BCUT2D eigenvalue weighted by Crippen LogP contribution is -2.37. The molecule has 0 fully saturated rings. The fourth-order valence-corrected chi connectivity index (χ4v) is 2.61. The van der Waals surface area contributed by atoms with Crippen LogP contribution in [0.2, 0.25) is 0 Å². The van der Waals surface area contributed by atoms with Crippen molar-refractivity contribution in [2.24, 2.45) is 4.99 Å². The van der Waals surface area contributed by atoms with Crippen LogP contribution in [-0.2, 0) is 13.0 Å². The lowest BCUT2D eigenvalue weighted by Gasteiger charge is -2.13. The number of hydrogen-bond acceptors (Lipinski definition) is 3. The summed E-state index contributed by atoms with van der Waals surface area (Å²) in [5.74, 6) is 1.53. The summed E-state index contributed by atoms with van der Waals surface area (Å²) in [6.45, 7) is 3.89. The third kappa shape index (κ3) is 6.66. The molecule has 1 amide bonds. The minimum atomic E-state index is -0.0543. The number of amides is 1. The van der Waals surface area contributed by atoms with E-state index in [-0.39, 0.29) is 5.91 Å². The molecule has 0 spiro atoms. The first-order valence-electron chi connectivity index (χ1n) is 9.10. The molecule has 0 aliphatic heterocycles. The molecule has 0 bridgehead atoms. The zero-order valence-corrected chi connectivity index (χ0v) is 16.2. The van der Waals surface area contributed by atoms with E-state index in [0.717, 1.165) is 30.2 Å². The number of guanidine groups is 1. The zero-order chi connectivity index (χ0) is 19.5. The van der Waals surface area contributed by atoms with E-state index in [1.165, 1.54) is 5.56 Å². The molecule has 27 heavy (non-hydrogen) atoms. The van der Waals surface area contributed by atoms with E-state index < -0.39 is 0 Å². The molecule has 0 atom stereocenters. The van der Waals surface area contributed by atoms with Crippen molar-refractivity contribution in [1.29, 1.82) is 0 Å². The van der Waals surface area contributed by atoms with Crippen LogP contribution in [0.3, 0.4) is 0 Å². The van der Waals surface area contributed by atoms with Crippen LogP contribution in [0.1, 0.15) is 28.4 Å². The molecule has 2 aromatic carbocycles. The molecule has 6 heteroatoms. The third-order valence-corrected chi connectivity index (χ3v) is 4.08. The van der Waals surface area contributed by atoms with E-state index in [2.05, 4.69) is 33.1 Å². The maximum Gasteiger partial charge on any atom is 0.251 e. The lowest BCUT2D eigenvalue weighted by atomic mass is 10.1. The number of hydrogen-bond donors (Lipinski definition) is 3. The Labute approximate surface area is 161 Å². The average Bonchev–Trinajstić information content (AvgIpc) is 2.71. The Bertz CT molecular complexity index is 757. The zero-order valence-electron chi connectivity index (χ0n) is 16.2. The minimum absolute atomic E-state index is 0.0543. The quantitative estimate of drug-likeness (QED) is 0.494. The van der Waals surface area contributed by atoms with Crippen LogP contribution in [0.4, 0.5) is 0 Å². The number of nitrogens with zero attached hydrogens (tertiary/aromatic N) is 1. The van der Waals surface area contributed by atoms with Crippen molar-refractivity contribution in [3.63, 3.8) is 0 Å². The molecule has 0 saturated heterocycles. The molecular formula is C21H28N4O2. The molecule has 0 saturated carbocycles. The summed E-state index contributed by atoms with van der Waals surface area (Å²) in [7, 11) is 3.41. The Morgan fingerprint density at radius 3 is 2.48 bits per heavy atom. The number of carbonyl (C=O) groups is 1. The second-order valence-corrected chi connectivity index (χ2v) is 6.01. The molecule has 0 aliphatic carbocycles. The first kappa shape index (κ1) is 20.3. The number of benzene rings is 2. The normalized spacial score (nSPS) is 11.0. The van der Waals surface area contributed by atoms with E-state index in [1.807, 2.05) is 43.3 Å². The van der Waals surface area contributed by atoms with E-state index in [0.29, 0.717) is 18.7 Å². The highest BCUT2D eigenvalue weighted by Gasteiger charge is 2.05. The fraction of sp³-hybridized carbons (Fsp3) is 0.333. The lowest BCUT2D eigenvalue weighted by molar-refractivity contribution is 0.0955. The number of carbonyl (C=O) groups excluding carboxylic acids is 1. The van der Waals surface area contributed by atoms with Gasteiger partial charge in [-0.3, -0.25) is 9.79 Å². The van der Waals surface area contributed by atoms with Crippen LogP contribution >= 0.6 is 0 Å². The molecule has 0 radical (unpaired) electrons. The molecule has 0 aromatic heterocycles. The third-order valence-electron chi connectivity index (χ3n) is 4.08. The first-order chi connectivity index (χ1) is 13.2. The summed E-state index contributed by atoms with van der Waals surface area (Å²) < 4.78 is 5.17. The van der Waals surface area contributed by atoms with E-state index in [4.69, 9.17) is 4.74 Å². The van der Waals surface area contributed by atoms with Crippen molar-refractivity contribution in [3.8, 4) is 5.75 Å². The molecular weight excluding hydrogens is 340 g/mol. The van der Waals surface area contributed by atoms with Crippen LogP contribution in [0.25, 0.3) is 0 Å². The predicted molar refractivity (Wildman–Crippen MR) is 109 cm³/mol. The average molecular weight is 368 g/mol. The van der Waals surface area contributed by atoms with Gasteiger partial charge in [0.1, 0.15) is 5.75 Å². The summed E-state index contributed by atoms with van der Waals surface area (Å²) in [4.78, 5) is 16.2. The van der Waals surface area contributed by atoms with Gasteiger partial charge in [0.25, 0.3) is 5.91 Å². The van der Waals surface area contributed by atoms with Gasteiger partial charge in [0.15, 0.2) is 5.96 Å². The molecule has 0 aliphatic rings. The summed E-state index contributed by atoms with van der Waals surface area (Å²) in [6.07, 6.45) is 0.886. The predicted octanol–water partition coefficient (Wildman–Crippen LogP) is 2.35. The van der Waals surface area contributed by atoms with Gasteiger partial charge in [0.2, 0.25) is 0 Å². The van der Waals surface area contributed by atoms with E-state index in [1.54, 1.807) is 14.2 Å². The number of rotatable bonds is 8. The van der Waals surface area contributed by atoms with Crippen LogP contribution in [0.5, 0.6) is 5.75 Å². The Kier molecular flexibility index (Phi) is 8.16. The highest BCUT2D eigenvalue weighted by atomic mass is 16.5. The van der Waals surface area contributed by atoms with E-state index in [9.17, 15) is 4.79 Å². The molecule has 2 rings (SSSR count). The molecule has 0 heterocycles. The molecule has 3 N–H and O–H groups in total. The number of nitrogens with one attached hydrogen (secondary N) is 3. The van der Waals surface area contributed by atoms with Gasteiger partial charge in [-0.25, -0.2) is 0 Å². The molecule has 2 aromatic rings. The largest absolute Gasteiger partial charge is 0.497 e. The highest BCUT2D eigenvalue weighted by Crippen LogP contribution is 2.11. The Morgan fingerprint density at radius 1 is 1.04 bits per heavy atom. The van der Waals surface area contributed by atoms with Gasteiger partial charge >= 0.3 is 0 Å². The fourth-order valence-electron chi connectivity index (χ4n) is 2.61. The standard InChI is InChI=1S/C21H28N4O2/c1-4-23-20(26)18-7-5-6-17(14-18)15-25-21(22-2)24-13-12-16-8-10-19(27-3)11-9-16/h5-11,14H,4,12-13,15H2,1-3H3,(H,23,26)(H2,22,24,25). The van der Waals surface area contributed by atoms with Gasteiger partial charge < -0.3 is 20.7 Å². The minimum Gasteiger partial charge on any atom is -0.497 e. The highest BCUT2D eigenvalue weighted by molar-refractivity contribution is 5.94. The summed E-state index contributed by atoms with van der Waals surface area (Å²) in [5.41, 5.74) is 2.92. The van der Waals surface area contributed by atoms with Crippen molar-refractivity contribution in [2.75, 3.05) is 27.2 Å². The van der Waals surface area contributed by atoms with Crippen LogP contribution in [0.15, 0.2) is 53.5 Å². The maximum absolute atomic E-state index is 11.9. The van der Waals surface area contributed by atoms with Gasteiger partial charge in [0, 0.05) is 32.2 Å². The van der Waals surface area contributed by atoms with Crippen LogP contribution in [-0.4, -0.2) is 39.1 Å². The number of ether oxygens (including phenoxy) is 1. The summed E-state index contributed by atoms with van der Waals surface area (Å²) >= 11 is 0. The Morgan fingerprint density at radius 2 is 1.81 bits per heavy atom. The van der Waals surface area contributed by atoms with Crippen LogP contribution < -0.4 is 20.7 Å². The SMILES string of the molecule is CCNC(=O)c1cccc(CNC(=NC)NCCc2ccc(OC)cc2)c1. The Balaban J connectivity index is 1.81. The Hall–Kier alpha value is -3.02.